The third kappa shape index (κ3) is 2.88. The number of hydrogen-bond donors (Lipinski definition) is 0. The zero-order chi connectivity index (χ0) is 16.4. The van der Waals surface area contributed by atoms with E-state index in [4.69, 9.17) is 9.15 Å². The first-order valence-electron chi connectivity index (χ1n) is 7.19. The lowest BCUT2D eigenvalue weighted by molar-refractivity contribution is -0.128. The normalized spacial score (nSPS) is 17.0. The van der Waals surface area contributed by atoms with E-state index in [9.17, 15) is 9.59 Å². The van der Waals surface area contributed by atoms with Crippen LogP contribution in [0.3, 0.4) is 0 Å². The molecule has 0 saturated heterocycles. The van der Waals surface area contributed by atoms with Crippen molar-refractivity contribution < 1.29 is 18.7 Å². The standard InChI is InChI=1S/C17H16N2O4/c1-11(20)19-10-14(15-4-3-9-23-15)16(18-19)17(21)12-5-7-13(22-2)8-6-12/h3-9,14H,10H2,1-2H3/t14-/m1/s1. The van der Waals surface area contributed by atoms with Crippen LogP contribution in [0, 0.1) is 0 Å². The maximum atomic E-state index is 12.8. The summed E-state index contributed by atoms with van der Waals surface area (Å²) < 4.78 is 10.5. The summed E-state index contributed by atoms with van der Waals surface area (Å²) in [7, 11) is 1.57. The Hall–Kier alpha value is -2.89. The summed E-state index contributed by atoms with van der Waals surface area (Å²) in [4.78, 5) is 24.4. The lowest BCUT2D eigenvalue weighted by atomic mass is 9.94. The quantitative estimate of drug-likeness (QED) is 0.813. The van der Waals surface area contributed by atoms with E-state index in [0.717, 1.165) is 0 Å². The lowest BCUT2D eigenvalue weighted by Gasteiger charge is -2.10. The largest absolute Gasteiger partial charge is 0.497 e. The maximum Gasteiger partial charge on any atom is 0.239 e. The van der Waals surface area contributed by atoms with Crippen LogP contribution >= 0.6 is 0 Å². The Bertz CT molecular complexity index is 747. The number of carbonyl (C=O) groups is 2. The van der Waals surface area contributed by atoms with Crippen molar-refractivity contribution in [3.63, 3.8) is 0 Å². The molecule has 1 aromatic carbocycles. The summed E-state index contributed by atoms with van der Waals surface area (Å²) in [5.74, 6) is 0.498. The number of ether oxygens (including phenoxy) is 1. The Labute approximate surface area is 133 Å². The molecule has 0 spiro atoms. The molecule has 1 aromatic heterocycles. The van der Waals surface area contributed by atoms with E-state index in [1.807, 2.05) is 0 Å². The molecule has 2 aromatic rings. The van der Waals surface area contributed by atoms with Crippen LogP contribution in [0.4, 0.5) is 0 Å². The van der Waals surface area contributed by atoms with Crippen LogP contribution in [-0.4, -0.2) is 36.1 Å². The highest BCUT2D eigenvalue weighted by Gasteiger charge is 2.36. The number of nitrogens with zero attached hydrogens (tertiary/aromatic N) is 2. The summed E-state index contributed by atoms with van der Waals surface area (Å²) in [6.45, 7) is 1.73. The third-order valence-electron chi connectivity index (χ3n) is 3.75. The number of rotatable bonds is 4. The first-order chi connectivity index (χ1) is 11.1. The van der Waals surface area contributed by atoms with Gasteiger partial charge in [-0.1, -0.05) is 0 Å². The SMILES string of the molecule is COc1ccc(C(=O)C2=NN(C(C)=O)C[C@@H]2c2ccco2)cc1. The number of ketones is 1. The minimum absolute atomic E-state index is 0.209. The Balaban J connectivity index is 1.94. The molecule has 1 amide bonds. The van der Waals surface area contributed by atoms with Gasteiger partial charge in [-0.3, -0.25) is 9.59 Å². The molecule has 0 radical (unpaired) electrons. The Kier molecular flexibility index (Phi) is 3.97. The maximum absolute atomic E-state index is 12.8. The molecule has 0 unspecified atom stereocenters. The molecule has 1 aliphatic rings. The van der Waals surface area contributed by atoms with Crippen molar-refractivity contribution in [2.45, 2.75) is 12.8 Å². The molecule has 0 bridgehead atoms. The topological polar surface area (TPSA) is 72.1 Å². The fourth-order valence-electron chi connectivity index (χ4n) is 2.51. The molecule has 6 nitrogen and oxygen atoms in total. The van der Waals surface area contributed by atoms with Crippen LogP contribution in [0.25, 0.3) is 0 Å². The molecule has 3 rings (SSSR count). The van der Waals surface area contributed by atoms with E-state index in [1.165, 1.54) is 11.9 Å². The fourth-order valence-corrected chi connectivity index (χ4v) is 2.51. The van der Waals surface area contributed by atoms with Gasteiger partial charge in [-0.05, 0) is 36.4 Å². The van der Waals surface area contributed by atoms with E-state index in [2.05, 4.69) is 5.10 Å². The van der Waals surface area contributed by atoms with Gasteiger partial charge in [-0.25, -0.2) is 5.01 Å². The van der Waals surface area contributed by atoms with Gasteiger partial charge in [0, 0.05) is 12.5 Å². The second-order valence-electron chi connectivity index (χ2n) is 5.21. The first-order valence-corrected chi connectivity index (χ1v) is 7.19. The van der Waals surface area contributed by atoms with Gasteiger partial charge >= 0.3 is 0 Å². The van der Waals surface area contributed by atoms with E-state index < -0.39 is 0 Å². The van der Waals surface area contributed by atoms with Gasteiger partial charge in [0.15, 0.2) is 0 Å². The predicted octanol–water partition coefficient (Wildman–Crippen LogP) is 2.47. The number of hydrogen-bond acceptors (Lipinski definition) is 5. The van der Waals surface area contributed by atoms with Gasteiger partial charge in [0.05, 0.1) is 25.8 Å². The molecule has 1 atom stereocenters. The van der Waals surface area contributed by atoms with E-state index in [-0.39, 0.29) is 17.6 Å². The van der Waals surface area contributed by atoms with Gasteiger partial charge in [0.1, 0.15) is 17.2 Å². The fraction of sp³-hybridized carbons (Fsp3) is 0.235. The van der Waals surface area contributed by atoms with Crippen LogP contribution in [0.5, 0.6) is 5.75 Å². The van der Waals surface area contributed by atoms with Crippen molar-refractivity contribution in [3.8, 4) is 5.75 Å². The summed E-state index contributed by atoms with van der Waals surface area (Å²) in [6, 6.07) is 10.3. The number of carbonyl (C=O) groups excluding carboxylic acids is 2. The number of amides is 1. The van der Waals surface area contributed by atoms with E-state index >= 15 is 0 Å². The Morgan fingerprint density at radius 3 is 2.57 bits per heavy atom. The van der Waals surface area contributed by atoms with Crippen molar-refractivity contribution in [2.24, 2.45) is 5.10 Å². The van der Waals surface area contributed by atoms with Crippen LogP contribution in [-0.2, 0) is 4.79 Å². The zero-order valence-electron chi connectivity index (χ0n) is 12.9. The molecular weight excluding hydrogens is 296 g/mol. The monoisotopic (exact) mass is 312 g/mol. The molecule has 2 heterocycles. The molecule has 0 saturated carbocycles. The number of hydrazone groups is 1. The summed E-state index contributed by atoms with van der Waals surface area (Å²) in [5.41, 5.74) is 0.798. The summed E-state index contributed by atoms with van der Waals surface area (Å²) in [5, 5.41) is 5.50. The van der Waals surface area contributed by atoms with Gasteiger partial charge < -0.3 is 9.15 Å². The predicted molar refractivity (Wildman–Crippen MR) is 83.6 cm³/mol. The van der Waals surface area contributed by atoms with Crippen molar-refractivity contribution in [3.05, 3.63) is 54.0 Å². The third-order valence-corrected chi connectivity index (χ3v) is 3.75. The minimum atomic E-state index is -0.358. The highest BCUT2D eigenvalue weighted by Crippen LogP contribution is 2.28. The summed E-state index contributed by atoms with van der Waals surface area (Å²) in [6.07, 6.45) is 1.54. The second-order valence-corrected chi connectivity index (χ2v) is 5.21. The van der Waals surface area contributed by atoms with Crippen molar-refractivity contribution in [2.75, 3.05) is 13.7 Å². The zero-order valence-corrected chi connectivity index (χ0v) is 12.9. The van der Waals surface area contributed by atoms with Crippen molar-refractivity contribution >= 4 is 17.4 Å². The molecule has 0 aliphatic carbocycles. The number of furan rings is 1. The molecular formula is C17H16N2O4. The number of benzene rings is 1. The average molecular weight is 312 g/mol. The highest BCUT2D eigenvalue weighted by atomic mass is 16.5. The minimum Gasteiger partial charge on any atom is -0.497 e. The van der Waals surface area contributed by atoms with E-state index in [0.29, 0.717) is 29.3 Å². The van der Waals surface area contributed by atoms with Gasteiger partial charge in [-0.15, -0.1) is 0 Å². The lowest BCUT2D eigenvalue weighted by Crippen LogP contribution is -2.24. The van der Waals surface area contributed by atoms with Gasteiger partial charge in [0.25, 0.3) is 0 Å². The Morgan fingerprint density at radius 1 is 1.26 bits per heavy atom. The average Bonchev–Trinajstić information content (AvgIpc) is 3.23. The van der Waals surface area contributed by atoms with Gasteiger partial charge in [0.2, 0.25) is 11.7 Å². The van der Waals surface area contributed by atoms with E-state index in [1.54, 1.807) is 49.8 Å². The first kappa shape index (κ1) is 15.0. The van der Waals surface area contributed by atoms with Crippen LogP contribution in [0.1, 0.15) is 29.0 Å². The van der Waals surface area contributed by atoms with Crippen LogP contribution < -0.4 is 4.74 Å². The Morgan fingerprint density at radius 2 is 2.00 bits per heavy atom. The molecule has 23 heavy (non-hydrogen) atoms. The van der Waals surface area contributed by atoms with Crippen LogP contribution in [0.15, 0.2) is 52.2 Å². The molecule has 1 aliphatic heterocycles. The second kappa shape index (κ2) is 6.08. The smallest absolute Gasteiger partial charge is 0.239 e. The van der Waals surface area contributed by atoms with Crippen LogP contribution in [0.2, 0.25) is 0 Å². The molecule has 118 valence electrons. The molecule has 6 heteroatoms. The van der Waals surface area contributed by atoms with Crippen molar-refractivity contribution in [1.29, 1.82) is 0 Å². The van der Waals surface area contributed by atoms with Gasteiger partial charge in [-0.2, -0.15) is 5.10 Å². The van der Waals surface area contributed by atoms with Crippen molar-refractivity contribution in [1.82, 2.24) is 5.01 Å². The summed E-state index contributed by atoms with van der Waals surface area (Å²) >= 11 is 0. The highest BCUT2D eigenvalue weighted by molar-refractivity contribution is 6.48. The number of methoxy groups -OCH3 is 1. The molecule has 0 fully saturated rings. The number of Topliss-reactive ketones (excluding diaryl/α,β-unsaturated/α-hetero) is 1. The molecule has 0 N–H and O–H groups in total.